The predicted octanol–water partition coefficient (Wildman–Crippen LogP) is 1.62. The van der Waals surface area contributed by atoms with Gasteiger partial charge in [0.05, 0.1) is 6.54 Å². The van der Waals surface area contributed by atoms with Gasteiger partial charge in [-0.05, 0) is 35.4 Å². The Morgan fingerprint density at radius 2 is 1.96 bits per heavy atom. The second-order valence-corrected chi connectivity index (χ2v) is 6.83. The van der Waals surface area contributed by atoms with E-state index in [1.54, 1.807) is 0 Å². The first-order valence-corrected chi connectivity index (χ1v) is 8.24. The molecule has 0 heterocycles. The monoisotopic (exact) mass is 334 g/mol. The van der Waals surface area contributed by atoms with Crippen LogP contribution in [0, 0.1) is 6.92 Å². The van der Waals surface area contributed by atoms with E-state index in [-0.39, 0.29) is 23.9 Å². The van der Waals surface area contributed by atoms with Crippen molar-refractivity contribution in [1.29, 1.82) is 0 Å². The van der Waals surface area contributed by atoms with Crippen molar-refractivity contribution >= 4 is 11.9 Å². The number of nitrogens with zero attached hydrogens (tertiary/aromatic N) is 1. The van der Waals surface area contributed by atoms with Gasteiger partial charge in [0, 0.05) is 6.54 Å². The summed E-state index contributed by atoms with van der Waals surface area (Å²) in [6.07, 6.45) is 0.853. The minimum Gasteiger partial charge on any atom is -0.483 e. The number of aliphatic imine (C=N–C) groups is 1. The zero-order valence-corrected chi connectivity index (χ0v) is 15.4. The molecule has 6 heteroatoms. The molecule has 0 saturated heterocycles. The quantitative estimate of drug-likeness (QED) is 0.400. The number of nitrogens with one attached hydrogen (secondary N) is 1. The number of ether oxygens (including phenoxy) is 1. The maximum absolute atomic E-state index is 11.9. The summed E-state index contributed by atoms with van der Waals surface area (Å²) in [5.74, 6) is 0.620. The summed E-state index contributed by atoms with van der Waals surface area (Å²) in [7, 11) is 0. The molecular formula is C18H30N4O2. The molecule has 0 bridgehead atoms. The van der Waals surface area contributed by atoms with Crippen LogP contribution in [0.4, 0.5) is 0 Å². The van der Waals surface area contributed by atoms with Crippen molar-refractivity contribution in [1.82, 2.24) is 5.32 Å². The first-order valence-electron chi connectivity index (χ1n) is 8.24. The Morgan fingerprint density at radius 3 is 2.50 bits per heavy atom. The zero-order chi connectivity index (χ0) is 18.3. The fourth-order valence-corrected chi connectivity index (χ4v) is 2.32. The third kappa shape index (κ3) is 6.10. The highest BCUT2D eigenvalue weighted by Crippen LogP contribution is 2.31. The topological polar surface area (TPSA) is 103 Å². The van der Waals surface area contributed by atoms with E-state index in [0.29, 0.717) is 13.1 Å². The first-order chi connectivity index (χ1) is 11.1. The van der Waals surface area contributed by atoms with Crippen molar-refractivity contribution in [2.24, 2.45) is 16.5 Å². The molecule has 1 aromatic carbocycles. The van der Waals surface area contributed by atoms with Crippen LogP contribution in [0.2, 0.25) is 0 Å². The molecule has 5 N–H and O–H groups in total. The van der Waals surface area contributed by atoms with Crippen LogP contribution in [-0.4, -0.2) is 31.6 Å². The second-order valence-electron chi connectivity index (χ2n) is 6.83. The normalized spacial score (nSPS) is 11.0. The van der Waals surface area contributed by atoms with Crippen molar-refractivity contribution < 1.29 is 9.53 Å². The Hall–Kier alpha value is -2.24. The van der Waals surface area contributed by atoms with E-state index in [1.807, 2.05) is 6.92 Å². The molecule has 1 aromatic rings. The molecule has 0 fully saturated rings. The number of amides is 1. The van der Waals surface area contributed by atoms with Crippen LogP contribution in [0.25, 0.3) is 0 Å². The van der Waals surface area contributed by atoms with E-state index in [4.69, 9.17) is 16.2 Å². The van der Waals surface area contributed by atoms with E-state index in [9.17, 15) is 4.79 Å². The van der Waals surface area contributed by atoms with Crippen molar-refractivity contribution in [3.05, 3.63) is 28.8 Å². The van der Waals surface area contributed by atoms with Gasteiger partial charge < -0.3 is 21.5 Å². The van der Waals surface area contributed by atoms with Crippen LogP contribution in [0.5, 0.6) is 5.75 Å². The highest BCUT2D eigenvalue weighted by Gasteiger charge is 2.18. The first kappa shape index (κ1) is 19.8. The van der Waals surface area contributed by atoms with Crippen LogP contribution < -0.4 is 21.5 Å². The van der Waals surface area contributed by atoms with Gasteiger partial charge in [-0.2, -0.15) is 0 Å². The Balaban J connectivity index is 2.71. The van der Waals surface area contributed by atoms with E-state index in [0.717, 1.165) is 23.3 Å². The number of hydrogen-bond donors (Lipinski definition) is 3. The lowest BCUT2D eigenvalue weighted by Crippen LogP contribution is -2.32. The number of carbonyl (C=O) groups excluding carboxylic acids is 1. The van der Waals surface area contributed by atoms with Crippen LogP contribution >= 0.6 is 0 Å². The molecule has 0 aliphatic rings. The van der Waals surface area contributed by atoms with Crippen LogP contribution in [0.3, 0.4) is 0 Å². The molecule has 6 nitrogen and oxygen atoms in total. The maximum atomic E-state index is 11.9. The summed E-state index contributed by atoms with van der Waals surface area (Å²) in [4.78, 5) is 15.7. The molecule has 134 valence electrons. The maximum Gasteiger partial charge on any atom is 0.258 e. The van der Waals surface area contributed by atoms with Gasteiger partial charge in [0.15, 0.2) is 12.6 Å². The average Bonchev–Trinajstić information content (AvgIpc) is 2.48. The van der Waals surface area contributed by atoms with Crippen molar-refractivity contribution in [3.8, 4) is 5.75 Å². The highest BCUT2D eigenvalue weighted by atomic mass is 16.5. The largest absolute Gasteiger partial charge is 0.483 e. The Morgan fingerprint density at radius 1 is 1.29 bits per heavy atom. The second kappa shape index (κ2) is 8.57. The van der Waals surface area contributed by atoms with Gasteiger partial charge in [-0.25, -0.2) is 0 Å². The SMILES string of the molecule is CCc1cc(C(C)(C)C)cc(C)c1OCC(=O)NCCN=C(N)N. The van der Waals surface area contributed by atoms with Gasteiger partial charge in [0.25, 0.3) is 5.91 Å². The van der Waals surface area contributed by atoms with Crippen molar-refractivity contribution in [2.45, 2.75) is 46.5 Å². The molecule has 1 amide bonds. The lowest BCUT2D eigenvalue weighted by Gasteiger charge is -2.23. The smallest absolute Gasteiger partial charge is 0.258 e. The third-order valence-electron chi connectivity index (χ3n) is 3.67. The summed E-state index contributed by atoms with van der Waals surface area (Å²) in [6, 6.07) is 4.30. The van der Waals surface area contributed by atoms with Gasteiger partial charge in [-0.3, -0.25) is 9.79 Å². The molecule has 0 saturated carbocycles. The molecule has 1 rings (SSSR count). The Labute approximate surface area is 144 Å². The Bertz CT molecular complexity index is 600. The molecule has 0 aliphatic carbocycles. The molecule has 0 spiro atoms. The highest BCUT2D eigenvalue weighted by molar-refractivity contribution is 5.78. The fourth-order valence-electron chi connectivity index (χ4n) is 2.32. The van der Waals surface area contributed by atoms with Crippen LogP contribution in [0.1, 0.15) is 44.4 Å². The number of hydrogen-bond acceptors (Lipinski definition) is 3. The number of aryl methyl sites for hydroxylation is 2. The molecular weight excluding hydrogens is 304 g/mol. The minimum atomic E-state index is -0.192. The van der Waals surface area contributed by atoms with E-state index < -0.39 is 0 Å². The summed E-state index contributed by atoms with van der Waals surface area (Å²) in [5, 5.41) is 2.72. The number of benzene rings is 1. The standard InChI is InChI=1S/C18H30N4O2/c1-6-13-10-14(18(3,4)5)9-12(2)16(13)24-11-15(23)21-7-8-22-17(19)20/h9-10H,6-8,11H2,1-5H3,(H,21,23)(H4,19,20,22). The van der Waals surface area contributed by atoms with Gasteiger partial charge in [0.2, 0.25) is 0 Å². The van der Waals surface area contributed by atoms with Crippen LogP contribution in [-0.2, 0) is 16.6 Å². The zero-order valence-electron chi connectivity index (χ0n) is 15.4. The lowest BCUT2D eigenvalue weighted by molar-refractivity contribution is -0.123. The molecule has 0 atom stereocenters. The van der Waals surface area contributed by atoms with E-state index in [1.165, 1.54) is 5.56 Å². The lowest BCUT2D eigenvalue weighted by atomic mass is 9.84. The summed E-state index contributed by atoms with van der Waals surface area (Å²) < 4.78 is 5.77. The Kier molecular flexibility index (Phi) is 7.07. The summed E-state index contributed by atoms with van der Waals surface area (Å²) in [6.45, 7) is 11.4. The fraction of sp³-hybridized carbons (Fsp3) is 0.556. The molecule has 24 heavy (non-hydrogen) atoms. The van der Waals surface area contributed by atoms with Crippen molar-refractivity contribution in [3.63, 3.8) is 0 Å². The van der Waals surface area contributed by atoms with Gasteiger partial charge >= 0.3 is 0 Å². The molecule has 0 radical (unpaired) electrons. The van der Waals surface area contributed by atoms with Crippen molar-refractivity contribution in [2.75, 3.05) is 19.7 Å². The predicted molar refractivity (Wildman–Crippen MR) is 98.4 cm³/mol. The molecule has 0 aromatic heterocycles. The van der Waals surface area contributed by atoms with E-state index in [2.05, 4.69) is 50.1 Å². The molecule has 0 aliphatic heterocycles. The third-order valence-corrected chi connectivity index (χ3v) is 3.67. The van der Waals surface area contributed by atoms with Gasteiger partial charge in [-0.15, -0.1) is 0 Å². The summed E-state index contributed by atoms with van der Waals surface area (Å²) in [5.41, 5.74) is 14.0. The van der Waals surface area contributed by atoms with Crippen LogP contribution in [0.15, 0.2) is 17.1 Å². The average molecular weight is 334 g/mol. The van der Waals surface area contributed by atoms with E-state index >= 15 is 0 Å². The number of guanidine groups is 1. The van der Waals surface area contributed by atoms with Gasteiger partial charge in [0.1, 0.15) is 5.75 Å². The molecule has 0 unspecified atom stereocenters. The van der Waals surface area contributed by atoms with Gasteiger partial charge in [-0.1, -0.05) is 39.8 Å². The summed E-state index contributed by atoms with van der Waals surface area (Å²) >= 11 is 0. The number of nitrogens with two attached hydrogens (primary N) is 2. The number of carbonyl (C=O) groups is 1. The number of rotatable bonds is 7. The minimum absolute atomic E-state index is 0.0163.